The van der Waals surface area contributed by atoms with Crippen LogP contribution in [0.1, 0.15) is 18.4 Å². The smallest absolute Gasteiger partial charge is 0.238 e. The Morgan fingerprint density at radius 2 is 2.33 bits per heavy atom. The molecule has 1 aromatic heterocycles. The molecule has 3 rings (SSSR count). The number of thioether (sulfide) groups is 1. The van der Waals surface area contributed by atoms with Gasteiger partial charge in [0.1, 0.15) is 5.54 Å². The standard InChI is InChI=1S/C15H20N4OS/c1-9-3-6-11-12(7-9)19-14(18-11)21-8-15(17-2,13(16)20)10-4-5-10/h3,6-7,10,17H,4-5,8H2,1-2H3,(H2,16,20)(H,18,19). The van der Waals surface area contributed by atoms with Crippen molar-refractivity contribution in [3.05, 3.63) is 23.8 Å². The van der Waals surface area contributed by atoms with Gasteiger partial charge in [-0.1, -0.05) is 17.8 Å². The van der Waals surface area contributed by atoms with E-state index in [9.17, 15) is 4.79 Å². The number of imidazole rings is 1. The minimum Gasteiger partial charge on any atom is -0.368 e. The molecule has 0 saturated heterocycles. The Bertz CT molecular complexity index is 679. The highest BCUT2D eigenvalue weighted by molar-refractivity contribution is 7.99. The van der Waals surface area contributed by atoms with Crippen molar-refractivity contribution in [1.82, 2.24) is 15.3 Å². The second-order valence-electron chi connectivity index (χ2n) is 5.71. The van der Waals surface area contributed by atoms with Gasteiger partial charge in [0.25, 0.3) is 0 Å². The van der Waals surface area contributed by atoms with Crippen LogP contribution in [-0.2, 0) is 4.79 Å². The molecular weight excluding hydrogens is 284 g/mol. The van der Waals surface area contributed by atoms with Gasteiger partial charge in [-0.15, -0.1) is 0 Å². The van der Waals surface area contributed by atoms with E-state index in [1.807, 2.05) is 19.2 Å². The monoisotopic (exact) mass is 304 g/mol. The summed E-state index contributed by atoms with van der Waals surface area (Å²) in [4.78, 5) is 19.7. The third kappa shape index (κ3) is 2.65. The molecule has 0 bridgehead atoms. The Morgan fingerprint density at radius 3 is 2.95 bits per heavy atom. The first-order valence-corrected chi connectivity index (χ1v) is 8.12. The quantitative estimate of drug-likeness (QED) is 0.711. The summed E-state index contributed by atoms with van der Waals surface area (Å²) in [6, 6.07) is 6.13. The number of aromatic nitrogens is 2. The average molecular weight is 304 g/mol. The zero-order valence-electron chi connectivity index (χ0n) is 12.3. The van der Waals surface area contributed by atoms with Gasteiger partial charge in [0, 0.05) is 5.75 Å². The largest absolute Gasteiger partial charge is 0.368 e. The number of amides is 1. The number of nitrogens with two attached hydrogens (primary N) is 1. The lowest BCUT2D eigenvalue weighted by atomic mass is 9.95. The summed E-state index contributed by atoms with van der Waals surface area (Å²) in [5, 5.41) is 3.98. The summed E-state index contributed by atoms with van der Waals surface area (Å²) < 4.78 is 0. The van der Waals surface area contributed by atoms with Gasteiger partial charge in [-0.2, -0.15) is 0 Å². The predicted molar refractivity (Wildman–Crippen MR) is 85.3 cm³/mol. The molecule has 1 aromatic carbocycles. The molecule has 1 atom stereocenters. The van der Waals surface area contributed by atoms with Gasteiger partial charge in [-0.3, -0.25) is 4.79 Å². The van der Waals surface area contributed by atoms with Crippen LogP contribution in [0.15, 0.2) is 23.4 Å². The maximum Gasteiger partial charge on any atom is 0.238 e. The predicted octanol–water partition coefficient (Wildman–Crippen LogP) is 1.82. The number of nitrogens with zero attached hydrogens (tertiary/aromatic N) is 1. The van der Waals surface area contributed by atoms with Crippen molar-refractivity contribution in [2.45, 2.75) is 30.5 Å². The Kier molecular flexibility index (Phi) is 3.67. The van der Waals surface area contributed by atoms with Crippen molar-refractivity contribution in [3.8, 4) is 0 Å². The maximum atomic E-state index is 11.9. The van der Waals surface area contributed by atoms with Crippen molar-refractivity contribution in [1.29, 1.82) is 0 Å². The first kappa shape index (κ1) is 14.4. The first-order valence-electron chi connectivity index (χ1n) is 7.13. The zero-order valence-corrected chi connectivity index (χ0v) is 13.1. The summed E-state index contributed by atoms with van der Waals surface area (Å²) in [6.07, 6.45) is 2.12. The summed E-state index contributed by atoms with van der Waals surface area (Å²) in [5.41, 5.74) is 8.18. The fourth-order valence-corrected chi connectivity index (χ4v) is 3.95. The lowest BCUT2D eigenvalue weighted by molar-refractivity contribution is -0.124. The second-order valence-corrected chi connectivity index (χ2v) is 6.68. The van der Waals surface area contributed by atoms with Crippen LogP contribution >= 0.6 is 11.8 Å². The van der Waals surface area contributed by atoms with Crippen LogP contribution < -0.4 is 11.1 Å². The second kappa shape index (κ2) is 5.35. The number of hydrogen-bond donors (Lipinski definition) is 3. The number of hydrogen-bond acceptors (Lipinski definition) is 4. The number of aromatic amines is 1. The third-order valence-corrected chi connectivity index (χ3v) is 5.28. The molecule has 0 radical (unpaired) electrons. The summed E-state index contributed by atoms with van der Waals surface area (Å²) >= 11 is 1.55. The average Bonchev–Trinajstić information content (AvgIpc) is 3.20. The van der Waals surface area contributed by atoms with E-state index in [1.54, 1.807) is 11.8 Å². The van der Waals surface area contributed by atoms with Gasteiger partial charge in [-0.05, 0) is 50.4 Å². The minimum atomic E-state index is -0.625. The highest BCUT2D eigenvalue weighted by Crippen LogP contribution is 2.42. The normalized spacial score (nSPS) is 17.8. The van der Waals surface area contributed by atoms with Crippen LogP contribution in [0, 0.1) is 12.8 Å². The SMILES string of the molecule is CNC(CSc1nc2ccc(C)cc2[nH]1)(C(N)=O)C1CC1. The van der Waals surface area contributed by atoms with E-state index in [4.69, 9.17) is 5.73 Å². The molecule has 1 saturated carbocycles. The molecule has 1 heterocycles. The highest BCUT2D eigenvalue weighted by Gasteiger charge is 2.48. The van der Waals surface area contributed by atoms with Crippen LogP contribution in [0.3, 0.4) is 0 Å². The first-order chi connectivity index (χ1) is 10.0. The Balaban J connectivity index is 1.79. The number of carbonyl (C=O) groups excluding carboxylic acids is 1. The summed E-state index contributed by atoms with van der Waals surface area (Å²) in [6.45, 7) is 2.05. The molecule has 1 unspecified atom stereocenters. The molecule has 112 valence electrons. The van der Waals surface area contributed by atoms with Gasteiger partial charge >= 0.3 is 0 Å². The van der Waals surface area contributed by atoms with Crippen LogP contribution in [-0.4, -0.2) is 34.2 Å². The van der Waals surface area contributed by atoms with Crippen molar-refractivity contribution < 1.29 is 4.79 Å². The molecule has 2 aromatic rings. The number of rotatable bonds is 6. The van der Waals surface area contributed by atoms with Crippen molar-refractivity contribution in [2.75, 3.05) is 12.8 Å². The van der Waals surface area contributed by atoms with E-state index in [0.29, 0.717) is 11.7 Å². The Labute approximate surface area is 128 Å². The molecule has 21 heavy (non-hydrogen) atoms. The Hall–Kier alpha value is -1.53. The molecule has 5 nitrogen and oxygen atoms in total. The van der Waals surface area contributed by atoms with E-state index in [-0.39, 0.29) is 5.91 Å². The highest BCUT2D eigenvalue weighted by atomic mass is 32.2. The number of H-pyrrole nitrogens is 1. The Morgan fingerprint density at radius 1 is 1.57 bits per heavy atom. The number of aryl methyl sites for hydroxylation is 1. The van der Waals surface area contributed by atoms with E-state index in [1.165, 1.54) is 5.56 Å². The van der Waals surface area contributed by atoms with Crippen molar-refractivity contribution in [3.63, 3.8) is 0 Å². The maximum absolute atomic E-state index is 11.9. The molecule has 4 N–H and O–H groups in total. The van der Waals surface area contributed by atoms with Crippen molar-refractivity contribution in [2.24, 2.45) is 11.7 Å². The van der Waals surface area contributed by atoms with Gasteiger partial charge in [-0.25, -0.2) is 4.98 Å². The molecular formula is C15H20N4OS. The number of carbonyl (C=O) groups is 1. The third-order valence-electron chi connectivity index (χ3n) is 4.21. The molecule has 1 amide bonds. The van der Waals surface area contributed by atoms with Crippen molar-refractivity contribution >= 4 is 28.7 Å². The number of primary amides is 1. The van der Waals surface area contributed by atoms with Gasteiger partial charge in [0.15, 0.2) is 5.16 Å². The fraction of sp³-hybridized carbons (Fsp3) is 0.467. The molecule has 0 spiro atoms. The van der Waals surface area contributed by atoms with Gasteiger partial charge in [0.05, 0.1) is 11.0 Å². The van der Waals surface area contributed by atoms with Crippen LogP contribution in [0.4, 0.5) is 0 Å². The van der Waals surface area contributed by atoms with Gasteiger partial charge < -0.3 is 16.0 Å². The van der Waals surface area contributed by atoms with E-state index < -0.39 is 5.54 Å². The van der Waals surface area contributed by atoms with Crippen LogP contribution in [0.5, 0.6) is 0 Å². The summed E-state index contributed by atoms with van der Waals surface area (Å²) in [7, 11) is 1.81. The van der Waals surface area contributed by atoms with Gasteiger partial charge in [0.2, 0.25) is 5.91 Å². The molecule has 1 aliphatic carbocycles. The van der Waals surface area contributed by atoms with E-state index in [0.717, 1.165) is 29.0 Å². The number of fused-ring (bicyclic) bond motifs is 1. The van der Waals surface area contributed by atoms with E-state index in [2.05, 4.69) is 28.3 Å². The number of benzene rings is 1. The molecule has 6 heteroatoms. The summed E-state index contributed by atoms with van der Waals surface area (Å²) in [5.74, 6) is 0.675. The topological polar surface area (TPSA) is 83.8 Å². The number of likely N-dealkylation sites (N-methyl/N-ethyl adjacent to an activating group) is 1. The fourth-order valence-electron chi connectivity index (χ4n) is 2.72. The molecule has 0 aliphatic heterocycles. The van der Waals surface area contributed by atoms with E-state index >= 15 is 0 Å². The van der Waals surface area contributed by atoms with Crippen LogP contribution in [0.2, 0.25) is 0 Å². The lowest BCUT2D eigenvalue weighted by Crippen LogP contribution is -2.57. The molecule has 1 aliphatic rings. The lowest BCUT2D eigenvalue weighted by Gasteiger charge is -2.29. The minimum absolute atomic E-state index is 0.271. The molecule has 1 fully saturated rings. The zero-order chi connectivity index (χ0) is 15.0. The van der Waals surface area contributed by atoms with Crippen LogP contribution in [0.25, 0.3) is 11.0 Å². The number of nitrogens with one attached hydrogen (secondary N) is 2.